The number of hydrogen-bond donors (Lipinski definition) is 0. The third-order valence-corrected chi connectivity index (χ3v) is 7.26. The molecule has 0 bridgehead atoms. The lowest BCUT2D eigenvalue weighted by atomic mass is 10.2. The van der Waals surface area contributed by atoms with Gasteiger partial charge in [-0.25, -0.2) is 4.98 Å². The zero-order chi connectivity index (χ0) is 21.4. The minimum atomic E-state index is -0.126. The maximum atomic E-state index is 12.8. The van der Waals surface area contributed by atoms with Gasteiger partial charge in [0.1, 0.15) is 0 Å². The van der Waals surface area contributed by atoms with Crippen LogP contribution in [0.15, 0.2) is 52.9 Å². The molecule has 31 heavy (non-hydrogen) atoms. The minimum Gasteiger partial charge on any atom is -0.339 e. The van der Waals surface area contributed by atoms with E-state index in [1.54, 1.807) is 28.4 Å². The van der Waals surface area contributed by atoms with Gasteiger partial charge in [0.05, 0.1) is 17.2 Å². The van der Waals surface area contributed by atoms with E-state index in [9.17, 15) is 14.4 Å². The van der Waals surface area contributed by atoms with E-state index >= 15 is 0 Å². The molecule has 7 nitrogen and oxygen atoms in total. The van der Waals surface area contributed by atoms with E-state index in [0.717, 1.165) is 6.42 Å². The fourth-order valence-electron chi connectivity index (χ4n) is 4.33. The number of aromatic nitrogens is 2. The Labute approximate surface area is 183 Å². The molecule has 0 radical (unpaired) electrons. The summed E-state index contributed by atoms with van der Waals surface area (Å²) in [6.07, 6.45) is 2.69. The summed E-state index contributed by atoms with van der Waals surface area (Å²) in [5, 5.41) is 2.62. The standard InChI is InChI=1S/C23H24N4O3S/c28-21(7-8-27-15-24-19-5-2-1-4-16(19)22(27)29)25-9-11-26(12-10-25)23(30)18-14-17(18)20-6-3-13-31-20/h1-6,13,15,17-18H,7-12,14H2/t17-,18-/m0/s1. The van der Waals surface area contributed by atoms with Crippen LogP contribution in [0.25, 0.3) is 10.9 Å². The number of piperazine rings is 1. The van der Waals surface area contributed by atoms with Crippen molar-refractivity contribution in [1.29, 1.82) is 0 Å². The normalized spacial score (nSPS) is 20.8. The molecular weight excluding hydrogens is 412 g/mol. The van der Waals surface area contributed by atoms with Crippen LogP contribution in [-0.4, -0.2) is 57.3 Å². The highest BCUT2D eigenvalue weighted by molar-refractivity contribution is 7.10. The molecule has 2 fully saturated rings. The molecule has 0 unspecified atom stereocenters. The minimum absolute atomic E-state index is 0.00930. The Morgan fingerprint density at radius 1 is 1.03 bits per heavy atom. The van der Waals surface area contributed by atoms with Gasteiger partial charge >= 0.3 is 0 Å². The van der Waals surface area contributed by atoms with Gasteiger partial charge < -0.3 is 9.80 Å². The lowest BCUT2D eigenvalue weighted by molar-refractivity contribution is -0.140. The van der Waals surface area contributed by atoms with Crippen molar-refractivity contribution in [3.8, 4) is 0 Å². The molecule has 3 aromatic rings. The molecule has 160 valence electrons. The number of rotatable bonds is 5. The van der Waals surface area contributed by atoms with Crippen molar-refractivity contribution in [3.05, 3.63) is 63.3 Å². The topological polar surface area (TPSA) is 75.5 Å². The molecule has 1 saturated carbocycles. The number of para-hydroxylation sites is 1. The first-order valence-electron chi connectivity index (χ1n) is 10.7. The van der Waals surface area contributed by atoms with Gasteiger partial charge in [-0.1, -0.05) is 18.2 Å². The Kier molecular flexibility index (Phi) is 5.31. The van der Waals surface area contributed by atoms with Gasteiger partial charge in [-0.05, 0) is 30.0 Å². The molecule has 5 rings (SSSR count). The van der Waals surface area contributed by atoms with Gasteiger partial charge in [-0.15, -0.1) is 11.3 Å². The quantitative estimate of drug-likeness (QED) is 0.615. The molecule has 1 aliphatic heterocycles. The maximum absolute atomic E-state index is 12.8. The van der Waals surface area contributed by atoms with Crippen LogP contribution in [0.1, 0.15) is 23.6 Å². The third kappa shape index (κ3) is 3.99. The number of carbonyl (C=O) groups is 2. The molecule has 0 spiro atoms. The second kappa shape index (κ2) is 8.26. The van der Waals surface area contributed by atoms with Gasteiger partial charge in [-0.3, -0.25) is 19.0 Å². The van der Waals surface area contributed by atoms with Crippen molar-refractivity contribution in [3.63, 3.8) is 0 Å². The number of amides is 2. The van der Waals surface area contributed by atoms with Crippen LogP contribution in [0.4, 0.5) is 0 Å². The predicted octanol–water partition coefficient (Wildman–Crippen LogP) is 2.32. The fourth-order valence-corrected chi connectivity index (χ4v) is 5.24. The van der Waals surface area contributed by atoms with Crippen LogP contribution < -0.4 is 5.56 Å². The van der Waals surface area contributed by atoms with E-state index in [0.29, 0.717) is 49.5 Å². The highest BCUT2D eigenvalue weighted by Crippen LogP contribution is 2.50. The lowest BCUT2D eigenvalue weighted by Crippen LogP contribution is -2.51. The molecule has 2 amide bonds. The van der Waals surface area contributed by atoms with Gasteiger partial charge in [0.25, 0.3) is 5.56 Å². The average molecular weight is 437 g/mol. The Hall–Kier alpha value is -3.00. The first kappa shape index (κ1) is 19.9. The summed E-state index contributed by atoms with van der Waals surface area (Å²) < 4.78 is 1.50. The first-order valence-corrected chi connectivity index (χ1v) is 11.5. The van der Waals surface area contributed by atoms with Crippen molar-refractivity contribution in [2.24, 2.45) is 5.92 Å². The summed E-state index contributed by atoms with van der Waals surface area (Å²) in [5.41, 5.74) is 0.534. The summed E-state index contributed by atoms with van der Waals surface area (Å²) in [4.78, 5) is 47.3. The second-order valence-corrected chi connectivity index (χ2v) is 9.16. The summed E-state index contributed by atoms with van der Waals surface area (Å²) in [7, 11) is 0. The van der Waals surface area contributed by atoms with E-state index in [2.05, 4.69) is 16.4 Å². The van der Waals surface area contributed by atoms with E-state index in [4.69, 9.17) is 0 Å². The molecule has 1 saturated heterocycles. The van der Waals surface area contributed by atoms with Crippen molar-refractivity contribution in [2.45, 2.75) is 25.3 Å². The fraction of sp³-hybridized carbons (Fsp3) is 0.391. The number of hydrogen-bond acceptors (Lipinski definition) is 5. The summed E-state index contributed by atoms with van der Waals surface area (Å²) in [6, 6.07) is 11.4. The van der Waals surface area contributed by atoms with Crippen LogP contribution in [-0.2, 0) is 16.1 Å². The Morgan fingerprint density at radius 2 is 1.81 bits per heavy atom. The van der Waals surface area contributed by atoms with Crippen LogP contribution >= 0.6 is 11.3 Å². The first-order chi connectivity index (χ1) is 15.1. The number of nitrogens with zero attached hydrogens (tertiary/aromatic N) is 4. The Bertz CT molecular complexity index is 1170. The van der Waals surface area contributed by atoms with Crippen molar-refractivity contribution >= 4 is 34.1 Å². The van der Waals surface area contributed by atoms with Gasteiger partial charge in [0.15, 0.2) is 0 Å². The maximum Gasteiger partial charge on any atom is 0.261 e. The average Bonchev–Trinajstić information content (AvgIpc) is 3.42. The Morgan fingerprint density at radius 3 is 2.58 bits per heavy atom. The zero-order valence-corrected chi connectivity index (χ0v) is 18.0. The number of benzene rings is 1. The van der Waals surface area contributed by atoms with Gasteiger partial charge in [0, 0.05) is 55.9 Å². The zero-order valence-electron chi connectivity index (χ0n) is 17.1. The molecule has 3 heterocycles. The molecule has 0 N–H and O–H groups in total. The largest absolute Gasteiger partial charge is 0.339 e. The SMILES string of the molecule is O=C(CCn1cnc2ccccc2c1=O)N1CCN(C(=O)[C@H]2C[C@@H]2c2cccs2)CC1. The van der Waals surface area contributed by atoms with Crippen LogP contribution in [0.2, 0.25) is 0 Å². The summed E-state index contributed by atoms with van der Waals surface area (Å²) >= 11 is 1.72. The third-order valence-electron chi connectivity index (χ3n) is 6.26. The predicted molar refractivity (Wildman–Crippen MR) is 119 cm³/mol. The van der Waals surface area contributed by atoms with Crippen molar-refractivity contribution in [1.82, 2.24) is 19.4 Å². The van der Waals surface area contributed by atoms with Crippen LogP contribution in [0.5, 0.6) is 0 Å². The number of fused-ring (bicyclic) bond motifs is 1. The molecule has 2 aliphatic rings. The van der Waals surface area contributed by atoms with Crippen LogP contribution in [0.3, 0.4) is 0 Å². The highest BCUT2D eigenvalue weighted by Gasteiger charge is 2.46. The van der Waals surface area contributed by atoms with E-state index in [1.165, 1.54) is 15.8 Å². The molecule has 2 aromatic heterocycles. The van der Waals surface area contributed by atoms with Gasteiger partial charge in [-0.2, -0.15) is 0 Å². The molecule has 2 atom stereocenters. The smallest absolute Gasteiger partial charge is 0.261 e. The molecule has 8 heteroatoms. The highest BCUT2D eigenvalue weighted by atomic mass is 32.1. The molecule has 1 aliphatic carbocycles. The van der Waals surface area contributed by atoms with E-state index < -0.39 is 0 Å². The van der Waals surface area contributed by atoms with Crippen molar-refractivity contribution < 1.29 is 9.59 Å². The van der Waals surface area contributed by atoms with Crippen LogP contribution in [0, 0.1) is 5.92 Å². The monoisotopic (exact) mass is 436 g/mol. The molecular formula is C23H24N4O3S. The summed E-state index contributed by atoms with van der Waals surface area (Å²) in [6.45, 7) is 2.56. The second-order valence-electron chi connectivity index (χ2n) is 8.18. The number of carbonyl (C=O) groups excluding carboxylic acids is 2. The van der Waals surface area contributed by atoms with Gasteiger partial charge in [0.2, 0.25) is 11.8 Å². The number of aryl methyl sites for hydroxylation is 1. The Balaban J connectivity index is 1.13. The summed E-state index contributed by atoms with van der Waals surface area (Å²) in [5.74, 6) is 0.712. The number of thiophene rings is 1. The molecule has 1 aromatic carbocycles. The van der Waals surface area contributed by atoms with Crippen molar-refractivity contribution in [2.75, 3.05) is 26.2 Å². The van der Waals surface area contributed by atoms with E-state index in [-0.39, 0.29) is 29.7 Å². The van der Waals surface area contributed by atoms with E-state index in [1.807, 2.05) is 23.1 Å². The lowest BCUT2D eigenvalue weighted by Gasteiger charge is -2.35.